The van der Waals surface area contributed by atoms with E-state index in [2.05, 4.69) is 0 Å². The minimum atomic E-state index is -0.652. The first kappa shape index (κ1) is 9.41. The number of hydrogen-bond donors (Lipinski definition) is 0. The molecule has 2 nitrogen and oxygen atoms in total. The third-order valence-corrected chi connectivity index (χ3v) is 2.97. The van der Waals surface area contributed by atoms with Crippen molar-refractivity contribution in [2.45, 2.75) is 24.9 Å². The van der Waals surface area contributed by atoms with Gasteiger partial charge in [0.05, 0.1) is 0 Å². The number of hydrogen-bond acceptors (Lipinski definition) is 2. The summed E-state index contributed by atoms with van der Waals surface area (Å²) in [5.74, 6) is 0.214. The van der Waals surface area contributed by atoms with Crippen LogP contribution < -0.4 is 0 Å². The van der Waals surface area contributed by atoms with Gasteiger partial charge in [0.15, 0.2) is 11.4 Å². The van der Waals surface area contributed by atoms with Gasteiger partial charge in [-0.25, -0.2) is 0 Å². The van der Waals surface area contributed by atoms with Crippen molar-refractivity contribution in [2.24, 2.45) is 0 Å². The van der Waals surface area contributed by atoms with Gasteiger partial charge in [0.1, 0.15) is 0 Å². The second-order valence-electron chi connectivity index (χ2n) is 3.67. The number of methoxy groups -OCH3 is 1. The zero-order chi connectivity index (χ0) is 10.0. The maximum atomic E-state index is 11.8. The number of benzene rings is 1. The molecule has 74 valence electrons. The summed E-state index contributed by atoms with van der Waals surface area (Å²) in [6.45, 7) is 0. The highest BCUT2D eigenvalue weighted by atomic mass is 16.5. The Morgan fingerprint density at radius 1 is 1.29 bits per heavy atom. The molecule has 1 aromatic rings. The van der Waals surface area contributed by atoms with Crippen molar-refractivity contribution in [1.82, 2.24) is 0 Å². The smallest absolute Gasteiger partial charge is 0.169 e. The summed E-state index contributed by atoms with van der Waals surface area (Å²) >= 11 is 0. The summed E-state index contributed by atoms with van der Waals surface area (Å²) in [7, 11) is 1.62. The molecule has 0 radical (unpaired) electrons. The van der Waals surface area contributed by atoms with Crippen LogP contribution in [0.5, 0.6) is 0 Å². The molecule has 1 aromatic carbocycles. The topological polar surface area (TPSA) is 26.3 Å². The number of ketones is 1. The molecule has 0 heterocycles. The summed E-state index contributed by atoms with van der Waals surface area (Å²) in [5, 5.41) is 0. The molecule has 0 bridgehead atoms. The summed E-state index contributed by atoms with van der Waals surface area (Å²) in [6.07, 6.45) is 2.39. The molecule has 0 aromatic heterocycles. The summed E-state index contributed by atoms with van der Waals surface area (Å²) in [5.41, 5.74) is 0.339. The van der Waals surface area contributed by atoms with E-state index in [0.29, 0.717) is 6.42 Å². The average Bonchev–Trinajstić information content (AvgIpc) is 2.62. The molecule has 1 unspecified atom stereocenters. The van der Waals surface area contributed by atoms with Crippen molar-refractivity contribution in [1.29, 1.82) is 0 Å². The monoisotopic (exact) mass is 190 g/mol. The molecule has 1 saturated carbocycles. The van der Waals surface area contributed by atoms with Crippen molar-refractivity contribution < 1.29 is 9.53 Å². The standard InChI is InChI=1S/C12H14O2/c1-14-12(9-5-8-11(12)13)10-6-3-2-4-7-10/h2-4,6-7H,5,8-9H2,1H3. The number of carbonyl (C=O) groups excluding carboxylic acids is 1. The van der Waals surface area contributed by atoms with Gasteiger partial charge in [-0.3, -0.25) is 4.79 Å². The van der Waals surface area contributed by atoms with Gasteiger partial charge in [0, 0.05) is 13.5 Å². The van der Waals surface area contributed by atoms with E-state index < -0.39 is 5.60 Å². The maximum Gasteiger partial charge on any atom is 0.169 e. The predicted octanol–water partition coefficient (Wildman–Crippen LogP) is 2.28. The number of ether oxygens (including phenoxy) is 1. The highest BCUT2D eigenvalue weighted by Crippen LogP contribution is 2.38. The van der Waals surface area contributed by atoms with Crippen LogP contribution in [0.2, 0.25) is 0 Å². The predicted molar refractivity (Wildman–Crippen MR) is 54.0 cm³/mol. The van der Waals surface area contributed by atoms with Crippen molar-refractivity contribution in [3.8, 4) is 0 Å². The van der Waals surface area contributed by atoms with Crippen molar-refractivity contribution in [3.63, 3.8) is 0 Å². The Bertz CT molecular complexity index is 331. The normalized spacial score (nSPS) is 26.8. The number of rotatable bonds is 2. The summed E-state index contributed by atoms with van der Waals surface area (Å²) < 4.78 is 5.45. The van der Waals surface area contributed by atoms with Crippen molar-refractivity contribution in [2.75, 3.05) is 7.11 Å². The highest BCUT2D eigenvalue weighted by molar-refractivity contribution is 5.90. The Morgan fingerprint density at radius 3 is 2.50 bits per heavy atom. The first-order valence-electron chi connectivity index (χ1n) is 4.93. The zero-order valence-electron chi connectivity index (χ0n) is 8.32. The number of carbonyl (C=O) groups is 1. The fourth-order valence-corrected chi connectivity index (χ4v) is 2.19. The van der Waals surface area contributed by atoms with E-state index in [9.17, 15) is 4.79 Å². The number of Topliss-reactive ketones (excluding diaryl/α,β-unsaturated/α-hetero) is 1. The molecule has 1 atom stereocenters. The van der Waals surface area contributed by atoms with Gasteiger partial charge in [0.2, 0.25) is 0 Å². The van der Waals surface area contributed by atoms with Crippen LogP contribution >= 0.6 is 0 Å². The second-order valence-corrected chi connectivity index (χ2v) is 3.67. The lowest BCUT2D eigenvalue weighted by atomic mass is 9.91. The molecule has 14 heavy (non-hydrogen) atoms. The molecule has 0 amide bonds. The van der Waals surface area contributed by atoms with E-state index in [-0.39, 0.29) is 5.78 Å². The van der Waals surface area contributed by atoms with Crippen LogP contribution in [0.15, 0.2) is 30.3 Å². The van der Waals surface area contributed by atoms with E-state index in [1.807, 2.05) is 30.3 Å². The summed E-state index contributed by atoms with van der Waals surface area (Å²) in [6, 6.07) is 9.77. The quantitative estimate of drug-likeness (QED) is 0.715. The largest absolute Gasteiger partial charge is 0.366 e. The van der Waals surface area contributed by atoms with Crippen LogP contribution in [0, 0.1) is 0 Å². The lowest BCUT2D eigenvalue weighted by Gasteiger charge is -2.26. The van der Waals surface area contributed by atoms with Gasteiger partial charge in [-0.2, -0.15) is 0 Å². The van der Waals surface area contributed by atoms with Gasteiger partial charge in [-0.1, -0.05) is 30.3 Å². The van der Waals surface area contributed by atoms with Crippen LogP contribution in [-0.4, -0.2) is 12.9 Å². The Labute approximate surface area is 83.9 Å². The molecule has 2 rings (SSSR count). The van der Waals surface area contributed by atoms with Crippen LogP contribution in [0.4, 0.5) is 0 Å². The van der Waals surface area contributed by atoms with Crippen molar-refractivity contribution in [3.05, 3.63) is 35.9 Å². The SMILES string of the molecule is COC1(c2ccccc2)CCCC1=O. The third-order valence-electron chi connectivity index (χ3n) is 2.97. The van der Waals surface area contributed by atoms with Crippen LogP contribution in [0.3, 0.4) is 0 Å². The van der Waals surface area contributed by atoms with Gasteiger partial charge >= 0.3 is 0 Å². The minimum absolute atomic E-state index is 0.214. The van der Waals surface area contributed by atoms with Gasteiger partial charge in [0.25, 0.3) is 0 Å². The molecule has 1 aliphatic rings. The van der Waals surface area contributed by atoms with E-state index in [1.165, 1.54) is 0 Å². The minimum Gasteiger partial charge on any atom is -0.366 e. The Kier molecular flexibility index (Phi) is 2.38. The average molecular weight is 190 g/mol. The molecule has 1 aliphatic carbocycles. The summed E-state index contributed by atoms with van der Waals surface area (Å²) in [4.78, 5) is 11.8. The Morgan fingerprint density at radius 2 is 2.00 bits per heavy atom. The molecular formula is C12H14O2. The first-order chi connectivity index (χ1) is 6.79. The first-order valence-corrected chi connectivity index (χ1v) is 4.93. The van der Waals surface area contributed by atoms with E-state index in [0.717, 1.165) is 18.4 Å². The Hall–Kier alpha value is -1.15. The second kappa shape index (κ2) is 3.54. The van der Waals surface area contributed by atoms with Crippen LogP contribution in [0.1, 0.15) is 24.8 Å². The molecule has 0 spiro atoms. The van der Waals surface area contributed by atoms with Gasteiger partial charge in [-0.15, -0.1) is 0 Å². The molecule has 2 heteroatoms. The lowest BCUT2D eigenvalue weighted by molar-refractivity contribution is -0.137. The molecule has 0 saturated heterocycles. The lowest BCUT2D eigenvalue weighted by Crippen LogP contribution is -2.32. The van der Waals surface area contributed by atoms with E-state index >= 15 is 0 Å². The molecule has 1 fully saturated rings. The Balaban J connectivity index is 2.43. The molecule has 0 N–H and O–H groups in total. The van der Waals surface area contributed by atoms with Crippen LogP contribution in [0.25, 0.3) is 0 Å². The van der Waals surface area contributed by atoms with E-state index in [1.54, 1.807) is 7.11 Å². The fourth-order valence-electron chi connectivity index (χ4n) is 2.19. The van der Waals surface area contributed by atoms with Gasteiger partial charge in [-0.05, 0) is 18.4 Å². The molecular weight excluding hydrogens is 176 g/mol. The zero-order valence-corrected chi connectivity index (χ0v) is 8.32. The van der Waals surface area contributed by atoms with Crippen LogP contribution in [-0.2, 0) is 15.1 Å². The van der Waals surface area contributed by atoms with Crippen molar-refractivity contribution >= 4 is 5.78 Å². The van der Waals surface area contributed by atoms with E-state index in [4.69, 9.17) is 4.74 Å². The highest BCUT2D eigenvalue weighted by Gasteiger charge is 2.43. The maximum absolute atomic E-state index is 11.8. The third kappa shape index (κ3) is 1.26. The molecule has 0 aliphatic heterocycles. The fraction of sp³-hybridized carbons (Fsp3) is 0.417. The van der Waals surface area contributed by atoms with Gasteiger partial charge < -0.3 is 4.74 Å².